The first-order chi connectivity index (χ1) is 9.15. The average molecular weight is 264 g/mol. The summed E-state index contributed by atoms with van der Waals surface area (Å²) in [6.45, 7) is 7.94. The van der Waals surface area contributed by atoms with Crippen LogP contribution in [0.1, 0.15) is 18.6 Å². The first kappa shape index (κ1) is 14.3. The van der Waals surface area contributed by atoms with E-state index in [1.165, 1.54) is 0 Å². The van der Waals surface area contributed by atoms with E-state index in [4.69, 9.17) is 4.74 Å². The van der Waals surface area contributed by atoms with Gasteiger partial charge in [0.25, 0.3) is 0 Å². The molecule has 1 aliphatic heterocycles. The zero-order chi connectivity index (χ0) is 13.7. The Balaban J connectivity index is 1.75. The summed E-state index contributed by atoms with van der Waals surface area (Å²) in [6.07, 6.45) is -0.443. The molecule has 0 saturated carbocycles. The van der Waals surface area contributed by atoms with Crippen LogP contribution in [0.3, 0.4) is 0 Å². The lowest BCUT2D eigenvalue weighted by Gasteiger charge is -2.32. The first-order valence-electron chi connectivity index (χ1n) is 6.97. The maximum absolute atomic E-state index is 9.53. The van der Waals surface area contributed by atoms with Gasteiger partial charge >= 0.3 is 0 Å². The normalized spacial score (nSPS) is 19.3. The lowest BCUT2D eigenvalue weighted by Crippen LogP contribution is -2.45. The third-order valence-corrected chi connectivity index (χ3v) is 3.61. The molecule has 1 aromatic rings. The SMILES string of the molecule is C[C@H](O)c1cccc(OCCN2CCN(C)CC2)c1. The van der Waals surface area contributed by atoms with Gasteiger partial charge in [0.2, 0.25) is 0 Å². The van der Waals surface area contributed by atoms with Gasteiger partial charge in [0.15, 0.2) is 0 Å². The summed E-state index contributed by atoms with van der Waals surface area (Å²) in [5, 5.41) is 9.53. The smallest absolute Gasteiger partial charge is 0.119 e. The molecule has 1 heterocycles. The van der Waals surface area contributed by atoms with Crippen molar-refractivity contribution in [2.24, 2.45) is 0 Å². The molecule has 4 nitrogen and oxygen atoms in total. The van der Waals surface area contributed by atoms with E-state index in [9.17, 15) is 5.11 Å². The molecular formula is C15H24N2O2. The quantitative estimate of drug-likeness (QED) is 0.871. The van der Waals surface area contributed by atoms with Crippen molar-refractivity contribution < 1.29 is 9.84 Å². The number of nitrogens with zero attached hydrogens (tertiary/aromatic N) is 2. The third-order valence-electron chi connectivity index (χ3n) is 3.61. The molecule has 0 unspecified atom stereocenters. The number of ether oxygens (including phenoxy) is 1. The van der Waals surface area contributed by atoms with Gasteiger partial charge < -0.3 is 14.7 Å². The fourth-order valence-electron chi connectivity index (χ4n) is 2.23. The van der Waals surface area contributed by atoms with Gasteiger partial charge in [0.05, 0.1) is 6.10 Å². The summed E-state index contributed by atoms with van der Waals surface area (Å²) in [6, 6.07) is 7.69. The Morgan fingerprint density at radius 3 is 2.68 bits per heavy atom. The summed E-state index contributed by atoms with van der Waals surface area (Å²) < 4.78 is 5.76. The highest BCUT2D eigenvalue weighted by Gasteiger charge is 2.13. The molecule has 0 spiro atoms. The molecule has 1 aromatic carbocycles. The third kappa shape index (κ3) is 4.49. The van der Waals surface area contributed by atoms with Crippen molar-refractivity contribution in [2.75, 3.05) is 46.4 Å². The highest BCUT2D eigenvalue weighted by atomic mass is 16.5. The van der Waals surface area contributed by atoms with Gasteiger partial charge in [-0.2, -0.15) is 0 Å². The highest BCUT2D eigenvalue weighted by molar-refractivity contribution is 5.29. The van der Waals surface area contributed by atoms with Gasteiger partial charge in [-0.25, -0.2) is 0 Å². The van der Waals surface area contributed by atoms with E-state index >= 15 is 0 Å². The van der Waals surface area contributed by atoms with Gasteiger partial charge in [-0.3, -0.25) is 4.90 Å². The van der Waals surface area contributed by atoms with Crippen LogP contribution >= 0.6 is 0 Å². The minimum Gasteiger partial charge on any atom is -0.492 e. The number of aliphatic hydroxyl groups is 1. The molecule has 0 bridgehead atoms. The second kappa shape index (κ2) is 6.89. The Hall–Kier alpha value is -1.10. The number of rotatable bonds is 5. The lowest BCUT2D eigenvalue weighted by atomic mass is 10.1. The monoisotopic (exact) mass is 264 g/mol. The molecule has 1 atom stereocenters. The molecular weight excluding hydrogens is 240 g/mol. The van der Waals surface area contributed by atoms with E-state index < -0.39 is 6.10 Å². The molecule has 0 aromatic heterocycles. The van der Waals surface area contributed by atoms with Crippen molar-refractivity contribution in [1.82, 2.24) is 9.80 Å². The predicted octanol–water partition coefficient (Wildman–Crippen LogP) is 1.37. The van der Waals surface area contributed by atoms with E-state index in [1.807, 2.05) is 24.3 Å². The van der Waals surface area contributed by atoms with Crippen molar-refractivity contribution in [3.8, 4) is 5.75 Å². The van der Waals surface area contributed by atoms with Crippen molar-refractivity contribution in [3.63, 3.8) is 0 Å². The minimum atomic E-state index is -0.443. The van der Waals surface area contributed by atoms with Gasteiger partial charge in [0.1, 0.15) is 12.4 Å². The molecule has 0 radical (unpaired) electrons. The molecule has 0 aliphatic carbocycles. The van der Waals surface area contributed by atoms with Crippen LogP contribution in [0.5, 0.6) is 5.75 Å². The number of benzene rings is 1. The molecule has 106 valence electrons. The topological polar surface area (TPSA) is 35.9 Å². The van der Waals surface area contributed by atoms with Gasteiger partial charge in [-0.05, 0) is 31.7 Å². The van der Waals surface area contributed by atoms with Crippen molar-refractivity contribution in [2.45, 2.75) is 13.0 Å². The van der Waals surface area contributed by atoms with Crippen molar-refractivity contribution in [3.05, 3.63) is 29.8 Å². The summed E-state index contributed by atoms with van der Waals surface area (Å²) in [7, 11) is 2.16. The summed E-state index contributed by atoms with van der Waals surface area (Å²) in [4.78, 5) is 4.78. The molecule has 1 fully saturated rings. The second-order valence-electron chi connectivity index (χ2n) is 5.24. The standard InChI is InChI=1S/C15H24N2O2/c1-13(18)14-4-3-5-15(12-14)19-11-10-17-8-6-16(2)7-9-17/h3-5,12-13,18H,6-11H2,1-2H3/t13-/m0/s1. The zero-order valence-corrected chi connectivity index (χ0v) is 11.9. The molecule has 1 aliphatic rings. The van der Waals surface area contributed by atoms with Crippen LogP contribution in [0, 0.1) is 0 Å². The van der Waals surface area contributed by atoms with Crippen molar-refractivity contribution >= 4 is 0 Å². The fourth-order valence-corrected chi connectivity index (χ4v) is 2.23. The Morgan fingerprint density at radius 1 is 1.26 bits per heavy atom. The van der Waals surface area contributed by atoms with E-state index in [2.05, 4.69) is 16.8 Å². The van der Waals surface area contributed by atoms with E-state index in [0.717, 1.165) is 44.0 Å². The number of aliphatic hydroxyl groups excluding tert-OH is 1. The van der Waals surface area contributed by atoms with Crippen molar-refractivity contribution in [1.29, 1.82) is 0 Å². The van der Waals surface area contributed by atoms with E-state index in [0.29, 0.717) is 6.61 Å². The van der Waals surface area contributed by atoms with E-state index in [1.54, 1.807) is 6.92 Å². The Bertz CT molecular complexity index is 387. The van der Waals surface area contributed by atoms with Gasteiger partial charge in [0, 0.05) is 32.7 Å². The zero-order valence-electron chi connectivity index (χ0n) is 11.9. The summed E-state index contributed by atoms with van der Waals surface area (Å²) >= 11 is 0. The fraction of sp³-hybridized carbons (Fsp3) is 0.600. The molecule has 1 N–H and O–H groups in total. The Kier molecular flexibility index (Phi) is 5.19. The van der Waals surface area contributed by atoms with Gasteiger partial charge in [-0.1, -0.05) is 12.1 Å². The largest absolute Gasteiger partial charge is 0.492 e. The van der Waals surface area contributed by atoms with Crippen LogP contribution < -0.4 is 4.74 Å². The molecule has 19 heavy (non-hydrogen) atoms. The first-order valence-corrected chi connectivity index (χ1v) is 6.97. The Labute approximate surface area is 115 Å². The van der Waals surface area contributed by atoms with Crippen LogP contribution in [0.25, 0.3) is 0 Å². The average Bonchev–Trinajstić information content (AvgIpc) is 2.41. The number of piperazine rings is 1. The maximum Gasteiger partial charge on any atom is 0.119 e. The summed E-state index contributed by atoms with van der Waals surface area (Å²) in [5.41, 5.74) is 0.900. The van der Waals surface area contributed by atoms with Crippen LogP contribution in [-0.2, 0) is 0 Å². The van der Waals surface area contributed by atoms with E-state index in [-0.39, 0.29) is 0 Å². The van der Waals surface area contributed by atoms with Crippen LogP contribution in [-0.4, -0.2) is 61.3 Å². The minimum absolute atomic E-state index is 0.443. The molecule has 4 heteroatoms. The van der Waals surface area contributed by atoms with Crippen LogP contribution in [0.4, 0.5) is 0 Å². The van der Waals surface area contributed by atoms with Crippen LogP contribution in [0.15, 0.2) is 24.3 Å². The van der Waals surface area contributed by atoms with Gasteiger partial charge in [-0.15, -0.1) is 0 Å². The molecule has 0 amide bonds. The highest BCUT2D eigenvalue weighted by Crippen LogP contribution is 2.18. The molecule has 1 saturated heterocycles. The lowest BCUT2D eigenvalue weighted by molar-refractivity contribution is 0.133. The molecule has 2 rings (SSSR count). The summed E-state index contributed by atoms with van der Waals surface area (Å²) in [5.74, 6) is 0.840. The second-order valence-corrected chi connectivity index (χ2v) is 5.24. The number of hydrogen-bond donors (Lipinski definition) is 1. The Morgan fingerprint density at radius 2 is 2.00 bits per heavy atom. The number of likely N-dealkylation sites (N-methyl/N-ethyl adjacent to an activating group) is 1. The predicted molar refractivity (Wildman–Crippen MR) is 76.5 cm³/mol. The number of hydrogen-bond acceptors (Lipinski definition) is 4. The maximum atomic E-state index is 9.53. The van der Waals surface area contributed by atoms with Crippen LogP contribution in [0.2, 0.25) is 0 Å².